The molecule has 1 N–H and O–H groups in total. The molecule has 0 amide bonds. The number of aromatic nitrogens is 1. The van der Waals surface area contributed by atoms with Crippen molar-refractivity contribution < 1.29 is 13.6 Å². The Labute approximate surface area is 115 Å². The Morgan fingerprint density at radius 1 is 1.16 bits per heavy atom. The Morgan fingerprint density at radius 2 is 1.84 bits per heavy atom. The number of hydrogen-bond donors (Lipinski definition) is 1. The molecular weight excluding hydrogens is 288 g/mol. The molecule has 0 saturated carbocycles. The molecule has 1 aromatic carbocycles. The molecule has 0 aliphatic carbocycles. The average molecular weight is 297 g/mol. The first-order chi connectivity index (χ1) is 9.05. The highest BCUT2D eigenvalue weighted by Crippen LogP contribution is 2.18. The van der Waals surface area contributed by atoms with Crippen LogP contribution in [0.5, 0.6) is 0 Å². The van der Waals surface area contributed by atoms with E-state index in [1.165, 1.54) is 36.5 Å². The lowest BCUT2D eigenvalue weighted by atomic mass is 10.4. The Hall–Kier alpha value is -1.92. The van der Waals surface area contributed by atoms with E-state index >= 15 is 0 Å². The van der Waals surface area contributed by atoms with E-state index in [4.69, 9.17) is 16.8 Å². The first kappa shape index (κ1) is 13.5. The van der Waals surface area contributed by atoms with E-state index in [2.05, 4.69) is 10.1 Å². The molecule has 0 spiro atoms. The number of sulfone groups is 1. The number of pyridine rings is 1. The standard InChI is InChI=1S/C12H9ClN2O3S/c13-9-4-6-10(7-5-9)19(17,18)12(15-16)11-3-1-2-8-14-11/h1-8,16H. The van der Waals surface area contributed by atoms with Gasteiger partial charge in [-0.2, -0.15) is 0 Å². The van der Waals surface area contributed by atoms with E-state index in [-0.39, 0.29) is 10.6 Å². The molecule has 0 fully saturated rings. The van der Waals surface area contributed by atoms with E-state index in [1.54, 1.807) is 12.1 Å². The highest BCUT2D eigenvalue weighted by molar-refractivity contribution is 8.07. The van der Waals surface area contributed by atoms with Crippen molar-refractivity contribution in [3.8, 4) is 0 Å². The van der Waals surface area contributed by atoms with Gasteiger partial charge in [0.05, 0.1) is 4.90 Å². The van der Waals surface area contributed by atoms with Crippen LogP contribution >= 0.6 is 11.6 Å². The molecule has 5 nitrogen and oxygen atoms in total. The second-order valence-corrected chi connectivity index (χ2v) is 5.88. The number of rotatable bonds is 2. The van der Waals surface area contributed by atoms with Crippen molar-refractivity contribution in [2.75, 3.05) is 0 Å². The SMILES string of the molecule is O=S(=O)(C(=NO)c1ccccn1)c1ccc(Cl)cc1. The molecule has 7 heteroatoms. The Balaban J connectivity index is 2.52. The maximum atomic E-state index is 12.3. The van der Waals surface area contributed by atoms with Gasteiger partial charge in [-0.25, -0.2) is 8.42 Å². The van der Waals surface area contributed by atoms with Crippen LogP contribution in [0.4, 0.5) is 0 Å². The molecule has 2 aromatic rings. The molecule has 0 radical (unpaired) electrons. The van der Waals surface area contributed by atoms with Gasteiger partial charge >= 0.3 is 0 Å². The maximum absolute atomic E-state index is 12.3. The van der Waals surface area contributed by atoms with Gasteiger partial charge in [-0.1, -0.05) is 22.8 Å². The predicted molar refractivity (Wildman–Crippen MR) is 71.2 cm³/mol. The summed E-state index contributed by atoms with van der Waals surface area (Å²) in [4.78, 5) is 3.85. The van der Waals surface area contributed by atoms with Gasteiger partial charge < -0.3 is 5.21 Å². The van der Waals surface area contributed by atoms with Gasteiger partial charge in [-0.05, 0) is 36.4 Å². The second-order valence-electron chi connectivity index (χ2n) is 3.58. The normalized spacial score (nSPS) is 12.4. The molecule has 0 saturated heterocycles. The molecule has 19 heavy (non-hydrogen) atoms. The van der Waals surface area contributed by atoms with Gasteiger partial charge in [0, 0.05) is 11.2 Å². The topological polar surface area (TPSA) is 79.6 Å². The zero-order valence-corrected chi connectivity index (χ0v) is 11.1. The number of nitrogens with zero attached hydrogens (tertiary/aromatic N) is 2. The minimum Gasteiger partial charge on any atom is -0.410 e. The van der Waals surface area contributed by atoms with Crippen molar-refractivity contribution in [2.45, 2.75) is 4.90 Å². The summed E-state index contributed by atoms with van der Waals surface area (Å²) in [5.41, 5.74) is 0.0694. The summed E-state index contributed by atoms with van der Waals surface area (Å²) in [7, 11) is -3.94. The summed E-state index contributed by atoms with van der Waals surface area (Å²) in [6.45, 7) is 0. The van der Waals surface area contributed by atoms with Crippen molar-refractivity contribution in [2.24, 2.45) is 5.16 Å². The van der Waals surface area contributed by atoms with Crippen LogP contribution < -0.4 is 0 Å². The molecule has 1 aromatic heterocycles. The molecule has 0 bridgehead atoms. The van der Waals surface area contributed by atoms with Crippen molar-refractivity contribution in [3.05, 3.63) is 59.4 Å². The summed E-state index contributed by atoms with van der Waals surface area (Å²) in [6, 6.07) is 10.3. The van der Waals surface area contributed by atoms with Gasteiger partial charge in [-0.3, -0.25) is 4.98 Å². The zero-order chi connectivity index (χ0) is 13.9. The van der Waals surface area contributed by atoms with E-state index < -0.39 is 14.9 Å². The van der Waals surface area contributed by atoms with Gasteiger partial charge in [0.2, 0.25) is 14.9 Å². The molecule has 1 heterocycles. The van der Waals surface area contributed by atoms with Gasteiger partial charge in [0.25, 0.3) is 0 Å². The molecule has 0 aliphatic heterocycles. The lowest BCUT2D eigenvalue weighted by Crippen LogP contribution is -2.17. The summed E-state index contributed by atoms with van der Waals surface area (Å²) >= 11 is 5.71. The summed E-state index contributed by atoms with van der Waals surface area (Å²) in [6.07, 6.45) is 1.41. The number of oxime groups is 1. The van der Waals surface area contributed by atoms with E-state index in [0.29, 0.717) is 5.02 Å². The molecule has 0 unspecified atom stereocenters. The van der Waals surface area contributed by atoms with Gasteiger partial charge in [0.15, 0.2) is 0 Å². The van der Waals surface area contributed by atoms with Crippen molar-refractivity contribution in [1.82, 2.24) is 4.98 Å². The lowest BCUT2D eigenvalue weighted by Gasteiger charge is -2.05. The third kappa shape index (κ3) is 2.74. The van der Waals surface area contributed by atoms with Crippen LogP contribution in [0.3, 0.4) is 0 Å². The highest BCUT2D eigenvalue weighted by atomic mass is 35.5. The fraction of sp³-hybridized carbons (Fsp3) is 0. The monoisotopic (exact) mass is 296 g/mol. The van der Waals surface area contributed by atoms with Crippen LogP contribution in [0.1, 0.15) is 5.69 Å². The third-order valence-electron chi connectivity index (χ3n) is 2.35. The van der Waals surface area contributed by atoms with E-state index in [9.17, 15) is 8.42 Å². The number of hydrogen-bond acceptors (Lipinski definition) is 5. The molecule has 2 rings (SSSR count). The summed E-state index contributed by atoms with van der Waals surface area (Å²) < 4.78 is 24.6. The fourth-order valence-corrected chi connectivity index (χ4v) is 2.80. The smallest absolute Gasteiger partial charge is 0.229 e. The van der Waals surface area contributed by atoms with Crippen LogP contribution in [0, 0.1) is 0 Å². The lowest BCUT2D eigenvalue weighted by molar-refractivity contribution is 0.320. The van der Waals surface area contributed by atoms with Crippen molar-refractivity contribution >= 4 is 26.5 Å². The predicted octanol–water partition coefficient (Wildman–Crippen LogP) is 2.34. The van der Waals surface area contributed by atoms with Crippen LogP contribution in [-0.4, -0.2) is 23.7 Å². The van der Waals surface area contributed by atoms with Crippen molar-refractivity contribution in [1.29, 1.82) is 0 Å². The first-order valence-corrected chi connectivity index (χ1v) is 7.06. The molecule has 0 atom stereocenters. The third-order valence-corrected chi connectivity index (χ3v) is 4.30. The number of benzene rings is 1. The maximum Gasteiger partial charge on any atom is 0.229 e. The molecule has 0 aliphatic rings. The quantitative estimate of drug-likeness (QED) is 0.399. The van der Waals surface area contributed by atoms with Gasteiger partial charge in [-0.15, -0.1) is 0 Å². The van der Waals surface area contributed by atoms with Crippen molar-refractivity contribution in [3.63, 3.8) is 0 Å². The highest BCUT2D eigenvalue weighted by Gasteiger charge is 2.25. The average Bonchev–Trinajstić information content (AvgIpc) is 2.41. The second kappa shape index (κ2) is 5.38. The summed E-state index contributed by atoms with van der Waals surface area (Å²) in [5, 5.41) is 11.7. The van der Waals surface area contributed by atoms with Crippen LogP contribution in [-0.2, 0) is 9.84 Å². The van der Waals surface area contributed by atoms with E-state index in [1.807, 2.05) is 0 Å². The minimum absolute atomic E-state index is 0.0182. The molecular formula is C12H9ClN2O3S. The van der Waals surface area contributed by atoms with Crippen LogP contribution in [0.15, 0.2) is 58.7 Å². The number of halogens is 1. The Kier molecular flexibility index (Phi) is 3.82. The summed E-state index contributed by atoms with van der Waals surface area (Å²) in [5.74, 6) is 0. The largest absolute Gasteiger partial charge is 0.410 e. The first-order valence-electron chi connectivity index (χ1n) is 5.20. The Bertz CT molecular complexity index is 698. The van der Waals surface area contributed by atoms with Gasteiger partial charge in [0.1, 0.15) is 5.69 Å². The fourth-order valence-electron chi connectivity index (χ4n) is 1.46. The zero-order valence-electron chi connectivity index (χ0n) is 9.56. The Morgan fingerprint density at radius 3 is 2.37 bits per heavy atom. The molecule has 98 valence electrons. The van der Waals surface area contributed by atoms with E-state index in [0.717, 1.165) is 0 Å². The van der Waals surface area contributed by atoms with Crippen LogP contribution in [0.2, 0.25) is 5.02 Å². The minimum atomic E-state index is -3.94. The van der Waals surface area contributed by atoms with Crippen LogP contribution in [0.25, 0.3) is 0 Å².